The van der Waals surface area contributed by atoms with Crippen molar-refractivity contribution in [1.29, 1.82) is 0 Å². The summed E-state index contributed by atoms with van der Waals surface area (Å²) >= 11 is 1.52. The van der Waals surface area contributed by atoms with Crippen LogP contribution in [0.25, 0.3) is 0 Å². The Hall–Kier alpha value is -2.34. The van der Waals surface area contributed by atoms with Crippen LogP contribution >= 0.6 is 11.3 Å². The smallest absolute Gasteiger partial charge is 0.279 e. The summed E-state index contributed by atoms with van der Waals surface area (Å²) in [7, 11) is 1.61. The Balaban J connectivity index is 1.45. The number of amides is 2. The molecule has 126 valence electrons. The van der Waals surface area contributed by atoms with E-state index in [4.69, 9.17) is 4.74 Å². The summed E-state index contributed by atoms with van der Waals surface area (Å²) in [5.41, 5.74) is 7.27. The molecule has 0 fully saturated rings. The van der Waals surface area contributed by atoms with Gasteiger partial charge in [0.05, 0.1) is 12.0 Å². The predicted molar refractivity (Wildman–Crippen MR) is 93.3 cm³/mol. The molecule has 0 aliphatic heterocycles. The number of hydrazine groups is 1. The summed E-state index contributed by atoms with van der Waals surface area (Å²) in [6, 6.07) is 9.54. The summed E-state index contributed by atoms with van der Waals surface area (Å²) < 4.78 is 5.16. The van der Waals surface area contributed by atoms with Crippen molar-refractivity contribution in [2.75, 3.05) is 7.11 Å². The molecule has 2 N–H and O–H groups in total. The van der Waals surface area contributed by atoms with E-state index in [1.807, 2.05) is 30.3 Å². The number of carbonyl (C=O) groups is 2. The van der Waals surface area contributed by atoms with Crippen molar-refractivity contribution in [2.24, 2.45) is 0 Å². The lowest BCUT2D eigenvalue weighted by Crippen LogP contribution is -2.41. The summed E-state index contributed by atoms with van der Waals surface area (Å²) in [6.45, 7) is 0. The lowest BCUT2D eigenvalue weighted by Gasteiger charge is -2.07. The number of carbonyl (C=O) groups excluding carboxylic acids is 2. The fourth-order valence-corrected chi connectivity index (χ4v) is 3.93. The zero-order valence-corrected chi connectivity index (χ0v) is 14.4. The second kappa shape index (κ2) is 7.49. The maximum Gasteiger partial charge on any atom is 0.279 e. The molecule has 1 aliphatic carbocycles. The van der Waals surface area contributed by atoms with E-state index in [1.165, 1.54) is 28.2 Å². The first-order chi connectivity index (χ1) is 11.7. The maximum absolute atomic E-state index is 12.1. The molecule has 0 bridgehead atoms. The van der Waals surface area contributed by atoms with Gasteiger partial charge in [-0.1, -0.05) is 12.1 Å². The number of ether oxygens (including phenoxy) is 1. The Labute approximate surface area is 145 Å². The molecule has 1 aliphatic rings. The number of benzene rings is 1. The zero-order valence-electron chi connectivity index (χ0n) is 13.6. The molecule has 0 spiro atoms. The van der Waals surface area contributed by atoms with E-state index < -0.39 is 0 Å². The Morgan fingerprint density at radius 3 is 2.88 bits per heavy atom. The van der Waals surface area contributed by atoms with Crippen LogP contribution in [0.1, 0.15) is 38.5 Å². The average molecular weight is 344 g/mol. The van der Waals surface area contributed by atoms with Crippen LogP contribution in [0.15, 0.2) is 30.3 Å². The molecular formula is C18H20N2O3S. The van der Waals surface area contributed by atoms with Gasteiger partial charge in [0.1, 0.15) is 5.75 Å². The van der Waals surface area contributed by atoms with Crippen LogP contribution in [0.5, 0.6) is 5.75 Å². The van der Waals surface area contributed by atoms with E-state index in [0.29, 0.717) is 17.7 Å². The standard InChI is InChI=1S/C18H20N2O3S/c1-23-14-6-2-4-12(10-14)8-9-17(21)19-20-18(22)16-11-13-5-3-7-15(13)24-16/h2,4,6,10-11H,3,5,7-9H2,1H3,(H,19,21)(H,20,22). The van der Waals surface area contributed by atoms with Gasteiger partial charge in [-0.25, -0.2) is 0 Å². The zero-order chi connectivity index (χ0) is 16.9. The molecule has 5 nitrogen and oxygen atoms in total. The molecule has 2 aromatic rings. The molecule has 0 atom stereocenters. The van der Waals surface area contributed by atoms with Gasteiger partial charge < -0.3 is 4.74 Å². The van der Waals surface area contributed by atoms with Gasteiger partial charge in [-0.05, 0) is 55.0 Å². The van der Waals surface area contributed by atoms with E-state index in [-0.39, 0.29) is 11.8 Å². The van der Waals surface area contributed by atoms with Crippen LogP contribution in [0, 0.1) is 0 Å². The molecule has 1 heterocycles. The van der Waals surface area contributed by atoms with Crippen molar-refractivity contribution in [3.8, 4) is 5.75 Å². The van der Waals surface area contributed by atoms with Crippen LogP contribution in [-0.2, 0) is 24.1 Å². The molecule has 24 heavy (non-hydrogen) atoms. The summed E-state index contributed by atoms with van der Waals surface area (Å²) in [5, 5.41) is 0. The minimum Gasteiger partial charge on any atom is -0.497 e. The molecule has 3 rings (SSSR count). The number of nitrogens with one attached hydrogen (secondary N) is 2. The first kappa shape index (κ1) is 16.5. The van der Waals surface area contributed by atoms with E-state index in [9.17, 15) is 9.59 Å². The van der Waals surface area contributed by atoms with Crippen LogP contribution in [0.4, 0.5) is 0 Å². The minimum absolute atomic E-state index is 0.213. The Morgan fingerprint density at radius 1 is 1.21 bits per heavy atom. The highest BCUT2D eigenvalue weighted by Crippen LogP contribution is 2.30. The first-order valence-electron chi connectivity index (χ1n) is 7.99. The highest BCUT2D eigenvalue weighted by Gasteiger charge is 2.18. The summed E-state index contributed by atoms with van der Waals surface area (Å²) in [6.07, 6.45) is 4.16. The lowest BCUT2D eigenvalue weighted by molar-refractivity contribution is -0.121. The molecule has 2 amide bonds. The fraction of sp³-hybridized carbons (Fsp3) is 0.333. The van der Waals surface area contributed by atoms with Crippen molar-refractivity contribution in [2.45, 2.75) is 32.1 Å². The van der Waals surface area contributed by atoms with Crippen molar-refractivity contribution in [3.63, 3.8) is 0 Å². The number of thiophene rings is 1. The van der Waals surface area contributed by atoms with Crippen molar-refractivity contribution < 1.29 is 14.3 Å². The maximum atomic E-state index is 12.1. The minimum atomic E-state index is -0.246. The Bertz CT molecular complexity index is 733. The highest BCUT2D eigenvalue weighted by molar-refractivity contribution is 7.14. The molecule has 0 saturated heterocycles. The van der Waals surface area contributed by atoms with Crippen LogP contribution in [-0.4, -0.2) is 18.9 Å². The normalized spacial score (nSPS) is 12.5. The third kappa shape index (κ3) is 3.94. The van der Waals surface area contributed by atoms with Crippen molar-refractivity contribution >= 4 is 23.2 Å². The van der Waals surface area contributed by atoms with Gasteiger partial charge >= 0.3 is 0 Å². The topological polar surface area (TPSA) is 67.4 Å². The summed E-state index contributed by atoms with van der Waals surface area (Å²) in [5.74, 6) is 0.311. The second-order valence-corrected chi connectivity index (χ2v) is 6.90. The Morgan fingerprint density at radius 2 is 2.08 bits per heavy atom. The number of hydrogen-bond donors (Lipinski definition) is 2. The van der Waals surface area contributed by atoms with E-state index >= 15 is 0 Å². The van der Waals surface area contributed by atoms with Crippen molar-refractivity contribution in [1.82, 2.24) is 10.9 Å². The van der Waals surface area contributed by atoms with E-state index in [2.05, 4.69) is 10.9 Å². The number of rotatable bonds is 5. The molecule has 0 saturated carbocycles. The van der Waals surface area contributed by atoms with Gasteiger partial charge in [0.25, 0.3) is 5.91 Å². The number of fused-ring (bicyclic) bond motifs is 1. The van der Waals surface area contributed by atoms with Crippen molar-refractivity contribution in [3.05, 3.63) is 51.2 Å². The third-order valence-corrected chi connectivity index (χ3v) is 5.30. The molecular weight excluding hydrogens is 324 g/mol. The summed E-state index contributed by atoms with van der Waals surface area (Å²) in [4.78, 5) is 25.9. The van der Waals surface area contributed by atoms with E-state index in [0.717, 1.165) is 24.2 Å². The lowest BCUT2D eigenvalue weighted by atomic mass is 10.1. The van der Waals surface area contributed by atoms with Gasteiger partial charge in [0.15, 0.2) is 0 Å². The monoisotopic (exact) mass is 344 g/mol. The molecule has 1 aromatic heterocycles. The Kier molecular flexibility index (Phi) is 5.15. The third-order valence-electron chi connectivity index (χ3n) is 4.06. The van der Waals surface area contributed by atoms with Gasteiger partial charge in [0, 0.05) is 11.3 Å². The van der Waals surface area contributed by atoms with Crippen LogP contribution in [0.2, 0.25) is 0 Å². The van der Waals surface area contributed by atoms with Gasteiger partial charge in [-0.2, -0.15) is 0 Å². The first-order valence-corrected chi connectivity index (χ1v) is 8.81. The quantitative estimate of drug-likeness (QED) is 0.820. The van der Waals surface area contributed by atoms with Crippen LogP contribution in [0.3, 0.4) is 0 Å². The fourth-order valence-electron chi connectivity index (χ4n) is 2.78. The van der Waals surface area contributed by atoms with Gasteiger partial charge in [0.2, 0.25) is 5.91 Å². The van der Waals surface area contributed by atoms with Gasteiger partial charge in [-0.3, -0.25) is 20.4 Å². The predicted octanol–water partition coefficient (Wildman–Crippen LogP) is 2.64. The largest absolute Gasteiger partial charge is 0.497 e. The highest BCUT2D eigenvalue weighted by atomic mass is 32.1. The SMILES string of the molecule is COc1cccc(CCC(=O)NNC(=O)c2cc3c(s2)CCC3)c1. The molecule has 1 aromatic carbocycles. The molecule has 0 radical (unpaired) electrons. The molecule has 0 unspecified atom stereocenters. The number of hydrogen-bond acceptors (Lipinski definition) is 4. The number of methoxy groups -OCH3 is 1. The second-order valence-electron chi connectivity index (χ2n) is 5.77. The molecule has 6 heteroatoms. The average Bonchev–Trinajstić information content (AvgIpc) is 3.20. The van der Waals surface area contributed by atoms with Crippen LogP contribution < -0.4 is 15.6 Å². The van der Waals surface area contributed by atoms with E-state index in [1.54, 1.807) is 7.11 Å². The number of aryl methyl sites for hydroxylation is 3. The van der Waals surface area contributed by atoms with Gasteiger partial charge in [-0.15, -0.1) is 11.3 Å².